The number of aliphatic hydroxyl groups is 1. The van der Waals surface area contributed by atoms with Crippen LogP contribution in [-0.4, -0.2) is 17.3 Å². The van der Waals surface area contributed by atoms with Crippen molar-refractivity contribution < 1.29 is 9.50 Å². The van der Waals surface area contributed by atoms with Crippen LogP contribution in [0.4, 0.5) is 10.1 Å². The largest absolute Gasteiger partial charge is 0.393 e. The fraction of sp³-hybridized carbons (Fsp3) is 0.455. The molecule has 14 heavy (non-hydrogen) atoms. The van der Waals surface area contributed by atoms with Crippen LogP contribution in [0.2, 0.25) is 0 Å². The average Bonchev–Trinajstić information content (AvgIpc) is 2.44. The van der Waals surface area contributed by atoms with Crippen molar-refractivity contribution in [3.8, 4) is 0 Å². The molecule has 1 heterocycles. The number of fused-ring (bicyclic) bond motifs is 1. The van der Waals surface area contributed by atoms with Gasteiger partial charge in [-0.1, -0.05) is 0 Å². The summed E-state index contributed by atoms with van der Waals surface area (Å²) in [7, 11) is 0. The van der Waals surface area contributed by atoms with Gasteiger partial charge < -0.3 is 10.4 Å². The van der Waals surface area contributed by atoms with Crippen molar-refractivity contribution in [1.82, 2.24) is 0 Å². The Morgan fingerprint density at radius 3 is 3.14 bits per heavy atom. The molecule has 0 spiro atoms. The second-order valence-electron chi connectivity index (χ2n) is 3.93. The fourth-order valence-electron chi connectivity index (χ4n) is 1.96. The molecule has 2 unspecified atom stereocenters. The summed E-state index contributed by atoms with van der Waals surface area (Å²) in [4.78, 5) is 0. The Bertz CT molecular complexity index is 338. The second kappa shape index (κ2) is 3.58. The summed E-state index contributed by atoms with van der Waals surface area (Å²) in [5.74, 6) is -0.191. The molecule has 0 amide bonds. The monoisotopic (exact) mass is 195 g/mol. The van der Waals surface area contributed by atoms with E-state index >= 15 is 0 Å². The summed E-state index contributed by atoms with van der Waals surface area (Å²) in [6.07, 6.45) is 1.19. The molecule has 2 nitrogen and oxygen atoms in total. The van der Waals surface area contributed by atoms with Crippen LogP contribution in [0.1, 0.15) is 18.9 Å². The molecular formula is C11H14FNO. The van der Waals surface area contributed by atoms with Gasteiger partial charge in [-0.3, -0.25) is 0 Å². The molecule has 1 aromatic carbocycles. The maximum Gasteiger partial charge on any atom is 0.123 e. The van der Waals surface area contributed by atoms with E-state index in [0.717, 1.165) is 17.7 Å². The molecule has 0 bridgehead atoms. The van der Waals surface area contributed by atoms with E-state index in [1.165, 1.54) is 6.07 Å². The average molecular weight is 195 g/mol. The lowest BCUT2D eigenvalue weighted by Gasteiger charge is -2.12. The van der Waals surface area contributed by atoms with E-state index < -0.39 is 0 Å². The second-order valence-corrected chi connectivity index (χ2v) is 3.93. The molecule has 0 radical (unpaired) electrons. The number of nitrogens with one attached hydrogen (secondary N) is 1. The number of rotatable bonds is 2. The summed E-state index contributed by atoms with van der Waals surface area (Å²) in [5, 5.41) is 12.5. The Labute approximate surface area is 82.8 Å². The van der Waals surface area contributed by atoms with Gasteiger partial charge in [0.05, 0.1) is 6.10 Å². The number of halogens is 1. The van der Waals surface area contributed by atoms with Crippen molar-refractivity contribution in [1.29, 1.82) is 0 Å². The molecule has 0 aliphatic carbocycles. The van der Waals surface area contributed by atoms with Gasteiger partial charge in [0.15, 0.2) is 0 Å². The minimum Gasteiger partial charge on any atom is -0.393 e. The summed E-state index contributed by atoms with van der Waals surface area (Å²) in [6.45, 7) is 1.77. The highest BCUT2D eigenvalue weighted by Gasteiger charge is 2.21. The van der Waals surface area contributed by atoms with Crippen molar-refractivity contribution in [2.24, 2.45) is 0 Å². The SMILES string of the molecule is CC(O)CC1Cc2cc(F)ccc2N1. The van der Waals surface area contributed by atoms with E-state index in [2.05, 4.69) is 5.32 Å². The van der Waals surface area contributed by atoms with Crippen LogP contribution in [0.3, 0.4) is 0 Å². The molecule has 0 aromatic heterocycles. The van der Waals surface area contributed by atoms with Crippen LogP contribution in [0, 0.1) is 5.82 Å². The highest BCUT2D eigenvalue weighted by Crippen LogP contribution is 2.28. The Balaban J connectivity index is 2.10. The minimum atomic E-state index is -0.313. The Morgan fingerprint density at radius 2 is 2.43 bits per heavy atom. The van der Waals surface area contributed by atoms with Gasteiger partial charge in [-0.2, -0.15) is 0 Å². The molecular weight excluding hydrogens is 181 g/mol. The van der Waals surface area contributed by atoms with E-state index in [0.29, 0.717) is 6.42 Å². The lowest BCUT2D eigenvalue weighted by atomic mass is 10.1. The van der Waals surface area contributed by atoms with Crippen LogP contribution in [0.25, 0.3) is 0 Å². The number of hydrogen-bond acceptors (Lipinski definition) is 2. The molecule has 3 heteroatoms. The third kappa shape index (κ3) is 1.87. The molecule has 2 N–H and O–H groups in total. The molecule has 1 aromatic rings. The zero-order valence-electron chi connectivity index (χ0n) is 8.13. The van der Waals surface area contributed by atoms with E-state index in [1.807, 2.05) is 0 Å². The van der Waals surface area contributed by atoms with E-state index in [-0.39, 0.29) is 18.0 Å². The first kappa shape index (κ1) is 9.46. The van der Waals surface area contributed by atoms with Gasteiger partial charge in [0.2, 0.25) is 0 Å². The zero-order chi connectivity index (χ0) is 10.1. The smallest absolute Gasteiger partial charge is 0.123 e. The summed E-state index contributed by atoms with van der Waals surface area (Å²) in [6, 6.07) is 5.01. The van der Waals surface area contributed by atoms with E-state index in [1.54, 1.807) is 19.1 Å². The quantitative estimate of drug-likeness (QED) is 0.755. The van der Waals surface area contributed by atoms with Crippen LogP contribution in [0.5, 0.6) is 0 Å². The number of hydrogen-bond donors (Lipinski definition) is 2. The third-order valence-corrected chi connectivity index (χ3v) is 2.52. The van der Waals surface area contributed by atoms with Crippen LogP contribution < -0.4 is 5.32 Å². The van der Waals surface area contributed by atoms with Gasteiger partial charge in [-0.05, 0) is 43.5 Å². The van der Waals surface area contributed by atoms with Gasteiger partial charge in [0.1, 0.15) is 5.82 Å². The number of aliphatic hydroxyl groups excluding tert-OH is 1. The van der Waals surface area contributed by atoms with Gasteiger partial charge >= 0.3 is 0 Å². The van der Waals surface area contributed by atoms with Crippen LogP contribution in [-0.2, 0) is 6.42 Å². The van der Waals surface area contributed by atoms with Crippen molar-refractivity contribution in [3.05, 3.63) is 29.6 Å². The van der Waals surface area contributed by atoms with Crippen molar-refractivity contribution >= 4 is 5.69 Å². The normalized spacial score (nSPS) is 21.5. The lowest BCUT2D eigenvalue weighted by molar-refractivity contribution is 0.178. The van der Waals surface area contributed by atoms with Crippen molar-refractivity contribution in [2.45, 2.75) is 31.9 Å². The molecule has 2 rings (SSSR count). The Kier molecular flexibility index (Phi) is 2.42. The van der Waals surface area contributed by atoms with Crippen molar-refractivity contribution in [2.75, 3.05) is 5.32 Å². The Hall–Kier alpha value is -1.09. The number of benzene rings is 1. The molecule has 0 fully saturated rings. The highest BCUT2D eigenvalue weighted by molar-refractivity contribution is 5.56. The topological polar surface area (TPSA) is 32.3 Å². The summed E-state index contributed by atoms with van der Waals surface area (Å²) in [5.41, 5.74) is 2.01. The van der Waals surface area contributed by atoms with Crippen molar-refractivity contribution in [3.63, 3.8) is 0 Å². The molecule has 1 aliphatic rings. The highest BCUT2D eigenvalue weighted by atomic mass is 19.1. The molecule has 76 valence electrons. The third-order valence-electron chi connectivity index (χ3n) is 2.52. The van der Waals surface area contributed by atoms with Gasteiger partial charge in [0.25, 0.3) is 0 Å². The first-order chi connectivity index (χ1) is 6.65. The predicted octanol–water partition coefficient (Wildman–Crippen LogP) is 1.93. The first-order valence-corrected chi connectivity index (χ1v) is 4.88. The maximum atomic E-state index is 12.9. The molecule has 0 saturated carbocycles. The fourth-order valence-corrected chi connectivity index (χ4v) is 1.96. The summed E-state index contributed by atoms with van der Waals surface area (Å²) >= 11 is 0. The van der Waals surface area contributed by atoms with Gasteiger partial charge in [0, 0.05) is 11.7 Å². The zero-order valence-corrected chi connectivity index (χ0v) is 8.13. The maximum absolute atomic E-state index is 12.9. The van der Waals surface area contributed by atoms with E-state index in [4.69, 9.17) is 0 Å². The van der Waals surface area contributed by atoms with Gasteiger partial charge in [-0.25, -0.2) is 4.39 Å². The van der Waals surface area contributed by atoms with E-state index in [9.17, 15) is 9.50 Å². The molecule has 1 aliphatic heterocycles. The lowest BCUT2D eigenvalue weighted by Crippen LogP contribution is -2.20. The first-order valence-electron chi connectivity index (χ1n) is 4.88. The Morgan fingerprint density at radius 1 is 1.64 bits per heavy atom. The van der Waals surface area contributed by atoms with Gasteiger partial charge in [-0.15, -0.1) is 0 Å². The van der Waals surface area contributed by atoms with Crippen LogP contribution in [0.15, 0.2) is 18.2 Å². The summed E-state index contributed by atoms with van der Waals surface area (Å²) < 4.78 is 12.9. The number of anilines is 1. The standard InChI is InChI=1S/C11H14FNO/c1-7(14)4-10-6-8-5-9(12)2-3-11(8)13-10/h2-3,5,7,10,13-14H,4,6H2,1H3. The minimum absolute atomic E-state index is 0.191. The predicted molar refractivity (Wildman–Crippen MR) is 53.8 cm³/mol. The molecule has 0 saturated heterocycles. The molecule has 2 atom stereocenters. The van der Waals surface area contributed by atoms with Crippen LogP contribution >= 0.6 is 0 Å².